The predicted octanol–water partition coefficient (Wildman–Crippen LogP) is 4.74. The highest BCUT2D eigenvalue weighted by molar-refractivity contribution is 6.31. The molecule has 1 saturated heterocycles. The van der Waals surface area contributed by atoms with E-state index in [1.165, 1.54) is 6.07 Å². The summed E-state index contributed by atoms with van der Waals surface area (Å²) in [5.41, 5.74) is 6.42. The fourth-order valence-electron chi connectivity index (χ4n) is 4.58. The van der Waals surface area contributed by atoms with Gasteiger partial charge in [0.05, 0.1) is 28.6 Å². The lowest BCUT2D eigenvalue weighted by Gasteiger charge is -2.35. The Kier molecular flexibility index (Phi) is 8.91. The Morgan fingerprint density at radius 1 is 1.18 bits per heavy atom. The van der Waals surface area contributed by atoms with Crippen molar-refractivity contribution in [2.45, 2.75) is 51.6 Å². The molecule has 3 aromatic rings. The van der Waals surface area contributed by atoms with E-state index in [0.29, 0.717) is 45.4 Å². The van der Waals surface area contributed by atoms with Crippen molar-refractivity contribution in [3.05, 3.63) is 56.8 Å². The number of benzene rings is 2. The fraction of sp³-hybridized carbons (Fsp3) is 0.407. The molecule has 0 aliphatic carbocycles. The second-order valence-corrected chi connectivity index (χ2v) is 10.8. The van der Waals surface area contributed by atoms with Gasteiger partial charge >= 0.3 is 6.09 Å². The fourth-order valence-corrected chi connectivity index (χ4v) is 4.93. The number of ether oxygens (including phenoxy) is 1. The molecule has 1 aliphatic rings. The topological polar surface area (TPSA) is 130 Å². The van der Waals surface area contributed by atoms with Gasteiger partial charge in [0, 0.05) is 23.1 Å². The average Bonchev–Trinajstić information content (AvgIpc) is 2.88. The van der Waals surface area contributed by atoms with Gasteiger partial charge in [0.25, 0.3) is 5.56 Å². The molecule has 11 heteroatoms. The minimum Gasteiger partial charge on any atom is -0.409 e. The molecule has 2 amide bonds. The molecule has 4 N–H and O–H groups in total. The van der Waals surface area contributed by atoms with Crippen molar-refractivity contribution in [2.75, 3.05) is 13.1 Å². The third-order valence-electron chi connectivity index (χ3n) is 6.50. The number of carbonyl (C=O) groups is 2. The Balaban J connectivity index is 1.54. The summed E-state index contributed by atoms with van der Waals surface area (Å²) in [6, 6.07) is 8.74. The second kappa shape index (κ2) is 12.1. The number of nitrogens with one attached hydrogen (secondary N) is 2. The summed E-state index contributed by atoms with van der Waals surface area (Å²) in [5, 5.41) is 4.03. The first-order chi connectivity index (χ1) is 18.1. The summed E-state index contributed by atoms with van der Waals surface area (Å²) in [5.74, 6) is 0.473. The van der Waals surface area contributed by atoms with Crippen LogP contribution in [-0.2, 0) is 4.79 Å². The van der Waals surface area contributed by atoms with Crippen molar-refractivity contribution >= 4 is 46.1 Å². The standard InChI is InChI=1S/C27H31Cl2N5O4/c1-15(2)11-21(30)26(36)31-14-18-5-3-4-10-34(18)27(37)38-23-9-7-17(29)13-20(23)24-32-22-8-6-16(28)12-19(22)25(35)33-24/h6-9,12-13,15,18,21H,3-5,10-11,14,30H2,1-2H3,(H,31,36)(H,32,33,35)/t18?,21-/m0/s1. The lowest BCUT2D eigenvalue weighted by Crippen LogP contribution is -2.52. The number of nitrogens with zero attached hydrogens (tertiary/aromatic N) is 2. The van der Waals surface area contributed by atoms with Gasteiger partial charge in [0.2, 0.25) is 5.91 Å². The maximum atomic E-state index is 13.3. The molecule has 2 atom stereocenters. The molecule has 4 rings (SSSR count). The number of fused-ring (bicyclic) bond motifs is 1. The Morgan fingerprint density at radius 3 is 2.68 bits per heavy atom. The summed E-state index contributed by atoms with van der Waals surface area (Å²) < 4.78 is 5.81. The first-order valence-electron chi connectivity index (χ1n) is 12.6. The van der Waals surface area contributed by atoms with E-state index in [2.05, 4.69) is 15.3 Å². The number of amides is 2. The SMILES string of the molecule is CC(C)C[C@H](N)C(=O)NCC1CCCCN1C(=O)Oc1ccc(Cl)cc1-c1nc2ccc(Cl)cc2c(=O)[nH]1. The van der Waals surface area contributed by atoms with Gasteiger partial charge in [0.1, 0.15) is 11.6 Å². The van der Waals surface area contributed by atoms with Crippen LogP contribution in [0, 0.1) is 5.92 Å². The van der Waals surface area contributed by atoms with Gasteiger partial charge in [-0.3, -0.25) is 9.59 Å². The number of hydrogen-bond donors (Lipinski definition) is 3. The molecule has 1 aromatic heterocycles. The van der Waals surface area contributed by atoms with Crippen LogP contribution in [0.3, 0.4) is 0 Å². The highest BCUT2D eigenvalue weighted by atomic mass is 35.5. The zero-order valence-electron chi connectivity index (χ0n) is 21.3. The average molecular weight is 560 g/mol. The lowest BCUT2D eigenvalue weighted by molar-refractivity contribution is -0.123. The van der Waals surface area contributed by atoms with Crippen LogP contribution in [0.2, 0.25) is 10.0 Å². The van der Waals surface area contributed by atoms with Crippen LogP contribution in [0.1, 0.15) is 39.5 Å². The van der Waals surface area contributed by atoms with Gasteiger partial charge in [-0.25, -0.2) is 9.78 Å². The number of rotatable bonds is 7. The van der Waals surface area contributed by atoms with Gasteiger partial charge in [-0.1, -0.05) is 37.0 Å². The monoisotopic (exact) mass is 559 g/mol. The number of halogens is 2. The number of hydrogen-bond acceptors (Lipinski definition) is 6. The van der Waals surface area contributed by atoms with Crippen LogP contribution in [0.4, 0.5) is 4.79 Å². The second-order valence-electron chi connectivity index (χ2n) is 9.91. The quantitative estimate of drug-likeness (QED) is 0.383. The number of carbonyl (C=O) groups excluding carboxylic acids is 2. The third-order valence-corrected chi connectivity index (χ3v) is 6.97. The van der Waals surface area contributed by atoms with E-state index in [-0.39, 0.29) is 35.6 Å². The van der Waals surface area contributed by atoms with Crippen molar-refractivity contribution in [3.8, 4) is 17.1 Å². The van der Waals surface area contributed by atoms with Gasteiger partial charge in [-0.15, -0.1) is 0 Å². The molecule has 1 unspecified atom stereocenters. The third kappa shape index (κ3) is 6.64. The van der Waals surface area contributed by atoms with Gasteiger partial charge in [-0.05, 0) is 68.0 Å². The summed E-state index contributed by atoms with van der Waals surface area (Å²) in [6.45, 7) is 4.80. The molecular weight excluding hydrogens is 529 g/mol. The Morgan fingerprint density at radius 2 is 1.92 bits per heavy atom. The number of aromatic nitrogens is 2. The summed E-state index contributed by atoms with van der Waals surface area (Å²) in [6.07, 6.45) is 2.50. The Hall–Kier alpha value is -3.14. The molecule has 0 saturated carbocycles. The molecule has 2 heterocycles. The highest BCUT2D eigenvalue weighted by Crippen LogP contribution is 2.32. The first-order valence-corrected chi connectivity index (χ1v) is 13.4. The van der Waals surface area contributed by atoms with Crippen molar-refractivity contribution in [3.63, 3.8) is 0 Å². The molecule has 38 heavy (non-hydrogen) atoms. The molecule has 0 bridgehead atoms. The molecule has 1 aliphatic heterocycles. The number of aromatic amines is 1. The van der Waals surface area contributed by atoms with Crippen LogP contribution in [0.5, 0.6) is 5.75 Å². The van der Waals surface area contributed by atoms with Crippen LogP contribution in [-0.4, -0.2) is 52.0 Å². The van der Waals surface area contributed by atoms with Gasteiger partial charge in [0.15, 0.2) is 0 Å². The lowest BCUT2D eigenvalue weighted by atomic mass is 10.0. The largest absolute Gasteiger partial charge is 0.415 e. The van der Waals surface area contributed by atoms with Gasteiger partial charge < -0.3 is 25.7 Å². The van der Waals surface area contributed by atoms with Crippen LogP contribution in [0.25, 0.3) is 22.3 Å². The number of likely N-dealkylation sites (tertiary alicyclic amines) is 1. The maximum Gasteiger partial charge on any atom is 0.415 e. The highest BCUT2D eigenvalue weighted by Gasteiger charge is 2.30. The molecule has 1 fully saturated rings. The van der Waals surface area contributed by atoms with E-state index in [1.54, 1.807) is 35.2 Å². The number of piperidine rings is 1. The van der Waals surface area contributed by atoms with E-state index in [0.717, 1.165) is 19.3 Å². The van der Waals surface area contributed by atoms with Gasteiger partial charge in [-0.2, -0.15) is 0 Å². The van der Waals surface area contributed by atoms with Crippen molar-refractivity contribution < 1.29 is 14.3 Å². The molecule has 202 valence electrons. The Bertz CT molecular complexity index is 1390. The minimum atomic E-state index is -0.594. The predicted molar refractivity (Wildman–Crippen MR) is 149 cm³/mol. The van der Waals surface area contributed by atoms with E-state index in [4.69, 9.17) is 33.7 Å². The minimum absolute atomic E-state index is 0.197. The van der Waals surface area contributed by atoms with E-state index in [9.17, 15) is 14.4 Å². The summed E-state index contributed by atoms with van der Waals surface area (Å²) in [4.78, 5) is 47.4. The van der Waals surface area contributed by atoms with Crippen LogP contribution >= 0.6 is 23.2 Å². The van der Waals surface area contributed by atoms with E-state index in [1.807, 2.05) is 13.8 Å². The summed E-state index contributed by atoms with van der Waals surface area (Å²) in [7, 11) is 0. The Labute approximate surface area is 230 Å². The smallest absolute Gasteiger partial charge is 0.409 e. The van der Waals surface area contributed by atoms with Crippen molar-refractivity contribution in [2.24, 2.45) is 11.7 Å². The molecule has 2 aromatic carbocycles. The number of nitrogens with two attached hydrogens (primary N) is 1. The van der Waals surface area contributed by atoms with Crippen LogP contribution < -0.4 is 21.3 Å². The van der Waals surface area contributed by atoms with Crippen LogP contribution in [0.15, 0.2) is 41.2 Å². The molecular formula is C27H31Cl2N5O4. The van der Waals surface area contributed by atoms with E-state index >= 15 is 0 Å². The number of H-pyrrole nitrogens is 1. The zero-order valence-corrected chi connectivity index (χ0v) is 22.8. The zero-order chi connectivity index (χ0) is 27.4. The van der Waals surface area contributed by atoms with Crippen molar-refractivity contribution in [1.82, 2.24) is 20.2 Å². The van der Waals surface area contributed by atoms with E-state index < -0.39 is 12.1 Å². The normalized spacial score (nSPS) is 16.5. The molecule has 0 spiro atoms. The maximum absolute atomic E-state index is 13.3. The molecule has 9 nitrogen and oxygen atoms in total. The molecule has 0 radical (unpaired) electrons. The van der Waals surface area contributed by atoms with Crippen molar-refractivity contribution in [1.29, 1.82) is 0 Å². The summed E-state index contributed by atoms with van der Waals surface area (Å²) >= 11 is 12.3. The first kappa shape index (κ1) is 27.9.